The summed E-state index contributed by atoms with van der Waals surface area (Å²) >= 11 is 0. The highest BCUT2D eigenvalue weighted by atomic mass is 16.1. The molecule has 0 spiro atoms. The second-order valence-electron chi connectivity index (χ2n) is 11.1. The van der Waals surface area contributed by atoms with Crippen LogP contribution in [0.4, 0.5) is 5.69 Å². The van der Waals surface area contributed by atoms with Crippen LogP contribution in [0, 0.1) is 30.1 Å². The molecule has 0 aliphatic heterocycles. The summed E-state index contributed by atoms with van der Waals surface area (Å²) in [6.07, 6.45) is 10.2. The van der Waals surface area contributed by atoms with Crippen LogP contribution < -0.4 is 10.9 Å². The van der Waals surface area contributed by atoms with Crippen molar-refractivity contribution in [1.82, 2.24) is 14.8 Å². The zero-order valence-electron chi connectivity index (χ0n) is 19.4. The number of fused-ring (bicyclic) bond motifs is 1. The lowest BCUT2D eigenvalue weighted by Gasteiger charge is -2.56. The molecule has 4 aliphatic rings. The minimum Gasteiger partial charge on any atom is -0.325 e. The Hall–Kier alpha value is -2.89. The molecule has 1 aromatic carbocycles. The quantitative estimate of drug-likeness (QED) is 0.568. The number of rotatable bonds is 5. The first kappa shape index (κ1) is 20.7. The van der Waals surface area contributed by atoms with E-state index in [0.717, 1.165) is 40.2 Å². The van der Waals surface area contributed by atoms with Crippen LogP contribution in [-0.4, -0.2) is 20.7 Å². The molecule has 0 radical (unpaired) electrons. The number of benzene rings is 1. The zero-order valence-corrected chi connectivity index (χ0v) is 19.4. The first-order chi connectivity index (χ1) is 15.9. The molecule has 1 unspecified atom stereocenters. The maximum Gasteiger partial charge on any atom is 0.259 e. The molecule has 3 aromatic rings. The number of aromatic nitrogens is 3. The lowest BCUT2D eigenvalue weighted by molar-refractivity contribution is -0.124. The van der Waals surface area contributed by atoms with Gasteiger partial charge in [-0.1, -0.05) is 6.07 Å². The molecule has 4 aliphatic carbocycles. The molecular formula is C27H32N4O2. The van der Waals surface area contributed by atoms with Crippen molar-refractivity contribution in [2.75, 3.05) is 5.32 Å². The Morgan fingerprint density at radius 1 is 1.15 bits per heavy atom. The summed E-state index contributed by atoms with van der Waals surface area (Å²) in [4.78, 5) is 26.5. The van der Waals surface area contributed by atoms with Gasteiger partial charge >= 0.3 is 0 Å². The Labute approximate surface area is 193 Å². The number of H-pyrrole nitrogens is 1. The highest BCUT2D eigenvalue weighted by molar-refractivity contribution is 6.02. The molecule has 0 saturated heterocycles. The summed E-state index contributed by atoms with van der Waals surface area (Å²) < 4.78 is 1.71. The number of hydrogen-bond donors (Lipinski definition) is 2. The Morgan fingerprint density at radius 2 is 1.85 bits per heavy atom. The molecule has 1 atom stereocenters. The summed E-state index contributed by atoms with van der Waals surface area (Å²) in [6, 6.07) is 9.32. The number of amides is 1. The van der Waals surface area contributed by atoms with Crippen LogP contribution in [0.2, 0.25) is 0 Å². The fourth-order valence-electron chi connectivity index (χ4n) is 7.54. The summed E-state index contributed by atoms with van der Waals surface area (Å²) in [6.45, 7) is 3.92. The smallest absolute Gasteiger partial charge is 0.259 e. The molecule has 6 heteroatoms. The lowest BCUT2D eigenvalue weighted by atomic mass is 9.49. The Morgan fingerprint density at radius 3 is 2.48 bits per heavy atom. The molecule has 4 saturated carbocycles. The molecule has 7 rings (SSSR count). The fraction of sp³-hybridized carbons (Fsp3) is 0.519. The van der Waals surface area contributed by atoms with Gasteiger partial charge in [0.25, 0.3) is 5.56 Å². The summed E-state index contributed by atoms with van der Waals surface area (Å²) in [5.41, 5.74) is 2.66. The van der Waals surface area contributed by atoms with E-state index in [1.54, 1.807) is 4.57 Å². The number of nitrogens with zero attached hydrogens (tertiary/aromatic N) is 2. The molecule has 6 nitrogen and oxygen atoms in total. The molecule has 4 bridgehead atoms. The van der Waals surface area contributed by atoms with Gasteiger partial charge in [-0.3, -0.25) is 14.7 Å². The van der Waals surface area contributed by atoms with Crippen molar-refractivity contribution in [3.8, 4) is 0 Å². The molecule has 33 heavy (non-hydrogen) atoms. The van der Waals surface area contributed by atoms with E-state index >= 15 is 0 Å². The molecule has 2 N–H and O–H groups in total. The zero-order chi connectivity index (χ0) is 22.7. The van der Waals surface area contributed by atoms with Gasteiger partial charge in [-0.15, -0.1) is 0 Å². The van der Waals surface area contributed by atoms with E-state index in [1.165, 1.54) is 38.5 Å². The Balaban J connectivity index is 1.25. The van der Waals surface area contributed by atoms with Crippen molar-refractivity contribution in [1.29, 1.82) is 0 Å². The summed E-state index contributed by atoms with van der Waals surface area (Å²) in [7, 11) is 0. The van der Waals surface area contributed by atoms with Crippen LogP contribution in [0.15, 0.2) is 41.3 Å². The van der Waals surface area contributed by atoms with E-state index in [4.69, 9.17) is 0 Å². The number of hydrogen-bond acceptors (Lipinski definition) is 3. The van der Waals surface area contributed by atoms with Crippen molar-refractivity contribution in [3.05, 3.63) is 58.3 Å². The van der Waals surface area contributed by atoms with E-state index in [0.29, 0.717) is 11.8 Å². The van der Waals surface area contributed by atoms with Gasteiger partial charge in [0, 0.05) is 34.8 Å². The maximum atomic E-state index is 13.3. The van der Waals surface area contributed by atoms with Crippen molar-refractivity contribution in [2.45, 2.75) is 64.8 Å². The summed E-state index contributed by atoms with van der Waals surface area (Å²) in [5.74, 6) is 2.59. The average molecular weight is 445 g/mol. The number of aromatic amines is 1. The van der Waals surface area contributed by atoms with Gasteiger partial charge in [-0.2, -0.15) is 5.10 Å². The van der Waals surface area contributed by atoms with E-state index in [1.807, 2.05) is 50.4 Å². The number of aryl methyl sites for hydroxylation is 1. The first-order valence-corrected chi connectivity index (χ1v) is 12.3. The number of carbonyl (C=O) groups excluding carboxylic acids is 1. The molecule has 2 heterocycles. The standard InChI is InChI=1S/C27H32N4O2/c1-16-8-24(30-29-16)17(2)31-7-6-21-22(26(31)33)4-3-5-23(21)28-25(32)15-27-12-18-9-19(13-27)11-20(10-18)14-27/h3-8,17-20H,9-15H2,1-2H3,(H,28,32)(H,29,30). The van der Waals surface area contributed by atoms with Crippen LogP contribution in [0.1, 0.15) is 69.3 Å². The van der Waals surface area contributed by atoms with Crippen LogP contribution in [0.5, 0.6) is 0 Å². The third-order valence-electron chi connectivity index (χ3n) is 8.52. The largest absolute Gasteiger partial charge is 0.325 e. The van der Waals surface area contributed by atoms with E-state index in [9.17, 15) is 9.59 Å². The second kappa shape index (κ2) is 7.57. The predicted molar refractivity (Wildman–Crippen MR) is 129 cm³/mol. The average Bonchev–Trinajstić information content (AvgIpc) is 3.19. The predicted octanol–water partition coefficient (Wildman–Crippen LogP) is 5.19. The van der Waals surface area contributed by atoms with Gasteiger partial charge in [0.1, 0.15) is 0 Å². The van der Waals surface area contributed by atoms with Crippen molar-refractivity contribution in [3.63, 3.8) is 0 Å². The number of carbonyl (C=O) groups is 1. The van der Waals surface area contributed by atoms with Gasteiger partial charge in [-0.05, 0) is 99.8 Å². The van der Waals surface area contributed by atoms with Crippen molar-refractivity contribution < 1.29 is 4.79 Å². The van der Waals surface area contributed by atoms with Gasteiger partial charge in [0.05, 0.1) is 11.7 Å². The topological polar surface area (TPSA) is 79.8 Å². The van der Waals surface area contributed by atoms with Crippen LogP contribution in [-0.2, 0) is 4.79 Å². The van der Waals surface area contributed by atoms with Gasteiger partial charge < -0.3 is 9.88 Å². The Bertz CT molecular complexity index is 1250. The minimum atomic E-state index is -0.179. The molecule has 2 aromatic heterocycles. The monoisotopic (exact) mass is 444 g/mol. The Kier molecular flexibility index (Phi) is 4.75. The lowest BCUT2D eigenvalue weighted by Crippen LogP contribution is -2.47. The summed E-state index contributed by atoms with van der Waals surface area (Å²) in [5, 5.41) is 11.8. The van der Waals surface area contributed by atoms with E-state index in [-0.39, 0.29) is 22.9 Å². The fourth-order valence-corrected chi connectivity index (χ4v) is 7.54. The second-order valence-corrected chi connectivity index (χ2v) is 11.1. The highest BCUT2D eigenvalue weighted by Gasteiger charge is 2.51. The van der Waals surface area contributed by atoms with Gasteiger partial charge in [0.15, 0.2) is 0 Å². The van der Waals surface area contributed by atoms with Gasteiger partial charge in [0.2, 0.25) is 5.91 Å². The SMILES string of the molecule is Cc1cc(C(C)n2ccc3c(NC(=O)CC45CC6CC(CC(C6)C4)C5)cccc3c2=O)n[nH]1. The third-order valence-corrected chi connectivity index (χ3v) is 8.52. The molecule has 4 fully saturated rings. The number of pyridine rings is 1. The molecule has 172 valence electrons. The number of anilines is 1. The van der Waals surface area contributed by atoms with Gasteiger partial charge in [-0.25, -0.2) is 0 Å². The van der Waals surface area contributed by atoms with Crippen LogP contribution in [0.25, 0.3) is 10.8 Å². The van der Waals surface area contributed by atoms with E-state index in [2.05, 4.69) is 15.5 Å². The minimum absolute atomic E-state index is 0.0714. The molecule has 1 amide bonds. The number of nitrogens with one attached hydrogen (secondary N) is 2. The third kappa shape index (κ3) is 3.60. The normalized spacial score (nSPS) is 28.8. The van der Waals surface area contributed by atoms with Crippen LogP contribution in [0.3, 0.4) is 0 Å². The van der Waals surface area contributed by atoms with Crippen molar-refractivity contribution >= 4 is 22.4 Å². The van der Waals surface area contributed by atoms with Crippen molar-refractivity contribution in [2.24, 2.45) is 23.2 Å². The maximum absolute atomic E-state index is 13.3. The van der Waals surface area contributed by atoms with Crippen LogP contribution >= 0.6 is 0 Å². The van der Waals surface area contributed by atoms with E-state index < -0.39 is 0 Å². The highest BCUT2D eigenvalue weighted by Crippen LogP contribution is 2.61. The first-order valence-electron chi connectivity index (χ1n) is 12.3. The molecular weight excluding hydrogens is 412 g/mol.